The molecule has 0 radical (unpaired) electrons. The Morgan fingerprint density at radius 1 is 0.933 bits per heavy atom. The predicted molar refractivity (Wildman–Crippen MR) is 58.9 cm³/mol. The second kappa shape index (κ2) is 4.92. The standard InChI is InChI=1S/C8H11Cl2N5/c9-6-11-7(10)13-8(12-6)14-15-4-2-1-3-5-15/h1-5H2,(H,11,12,13,14). The van der Waals surface area contributed by atoms with Gasteiger partial charge in [0.25, 0.3) is 0 Å². The van der Waals surface area contributed by atoms with Crippen molar-refractivity contribution in [2.24, 2.45) is 0 Å². The van der Waals surface area contributed by atoms with E-state index >= 15 is 0 Å². The third-order valence-electron chi connectivity index (χ3n) is 2.20. The quantitative estimate of drug-likeness (QED) is 0.867. The highest BCUT2D eigenvalue weighted by atomic mass is 35.5. The molecule has 1 aliphatic rings. The molecule has 2 heterocycles. The molecule has 0 atom stereocenters. The number of hydrogen-bond donors (Lipinski definition) is 1. The zero-order valence-corrected chi connectivity index (χ0v) is 9.59. The molecule has 0 amide bonds. The summed E-state index contributed by atoms with van der Waals surface area (Å²) in [7, 11) is 0. The van der Waals surface area contributed by atoms with Crippen LogP contribution in [0.3, 0.4) is 0 Å². The van der Waals surface area contributed by atoms with Crippen LogP contribution in [0.25, 0.3) is 0 Å². The molecule has 1 aromatic heterocycles. The normalized spacial score (nSPS) is 17.7. The van der Waals surface area contributed by atoms with Crippen LogP contribution in [0.5, 0.6) is 0 Å². The Morgan fingerprint density at radius 3 is 2.13 bits per heavy atom. The molecular weight excluding hydrogens is 237 g/mol. The molecule has 0 bridgehead atoms. The molecule has 7 heteroatoms. The van der Waals surface area contributed by atoms with Gasteiger partial charge in [0.05, 0.1) is 0 Å². The van der Waals surface area contributed by atoms with E-state index in [1.165, 1.54) is 19.3 Å². The first-order chi connectivity index (χ1) is 7.24. The lowest BCUT2D eigenvalue weighted by Gasteiger charge is -2.26. The van der Waals surface area contributed by atoms with Gasteiger partial charge in [-0.3, -0.25) is 5.43 Å². The molecule has 15 heavy (non-hydrogen) atoms. The van der Waals surface area contributed by atoms with Crippen LogP contribution < -0.4 is 5.43 Å². The molecule has 0 spiro atoms. The molecule has 0 aromatic carbocycles. The molecule has 0 unspecified atom stereocenters. The van der Waals surface area contributed by atoms with Gasteiger partial charge in [-0.05, 0) is 36.0 Å². The van der Waals surface area contributed by atoms with Crippen LogP contribution in [0, 0.1) is 0 Å². The van der Waals surface area contributed by atoms with E-state index in [1.54, 1.807) is 0 Å². The van der Waals surface area contributed by atoms with Crippen molar-refractivity contribution in [3.63, 3.8) is 0 Å². The van der Waals surface area contributed by atoms with Crippen LogP contribution in [-0.4, -0.2) is 33.1 Å². The third kappa shape index (κ3) is 3.15. The first-order valence-electron chi connectivity index (χ1n) is 4.83. The summed E-state index contributed by atoms with van der Waals surface area (Å²) >= 11 is 11.3. The average Bonchev–Trinajstić information content (AvgIpc) is 2.17. The number of halogens is 2. The number of piperidine rings is 1. The van der Waals surface area contributed by atoms with Gasteiger partial charge >= 0.3 is 0 Å². The second-order valence-corrected chi connectivity index (χ2v) is 4.03. The van der Waals surface area contributed by atoms with Crippen molar-refractivity contribution in [3.05, 3.63) is 10.6 Å². The minimum atomic E-state index is 0.106. The number of anilines is 1. The Bertz CT molecular complexity index is 320. The third-order valence-corrected chi connectivity index (χ3v) is 2.53. The zero-order valence-electron chi connectivity index (χ0n) is 8.08. The van der Waals surface area contributed by atoms with E-state index in [9.17, 15) is 0 Å². The topological polar surface area (TPSA) is 53.9 Å². The van der Waals surface area contributed by atoms with Crippen molar-refractivity contribution in [1.82, 2.24) is 20.0 Å². The Hall–Kier alpha value is -0.650. The van der Waals surface area contributed by atoms with Crippen LogP contribution >= 0.6 is 23.2 Å². The summed E-state index contributed by atoms with van der Waals surface area (Å²) in [5.74, 6) is 0.405. The first-order valence-corrected chi connectivity index (χ1v) is 5.58. The largest absolute Gasteiger partial charge is 0.287 e. The summed E-state index contributed by atoms with van der Waals surface area (Å²) in [6, 6.07) is 0. The minimum Gasteiger partial charge on any atom is -0.287 e. The first kappa shape index (κ1) is 10.9. The van der Waals surface area contributed by atoms with E-state index in [0.717, 1.165) is 13.1 Å². The van der Waals surface area contributed by atoms with Crippen molar-refractivity contribution in [2.45, 2.75) is 19.3 Å². The SMILES string of the molecule is Clc1nc(Cl)nc(NN2CCCCC2)n1. The molecule has 82 valence electrons. The fourth-order valence-corrected chi connectivity index (χ4v) is 1.89. The number of rotatable bonds is 2. The van der Waals surface area contributed by atoms with Gasteiger partial charge < -0.3 is 0 Å². The highest BCUT2D eigenvalue weighted by molar-refractivity contribution is 6.31. The molecule has 1 N–H and O–H groups in total. The van der Waals surface area contributed by atoms with Crippen molar-refractivity contribution in [1.29, 1.82) is 0 Å². The Labute approximate surface area is 97.8 Å². The maximum Gasteiger partial charge on any atom is 0.243 e. The Kier molecular flexibility index (Phi) is 3.56. The summed E-state index contributed by atoms with van der Waals surface area (Å²) in [5.41, 5.74) is 3.06. The van der Waals surface area contributed by atoms with Crippen LogP contribution in [0.1, 0.15) is 19.3 Å². The van der Waals surface area contributed by atoms with Crippen LogP contribution in [0.4, 0.5) is 5.95 Å². The molecular formula is C8H11Cl2N5. The molecule has 1 aromatic rings. The van der Waals surface area contributed by atoms with Gasteiger partial charge in [-0.15, -0.1) is 0 Å². The summed E-state index contributed by atoms with van der Waals surface area (Å²) in [6.07, 6.45) is 3.63. The Balaban J connectivity index is 2.02. The smallest absolute Gasteiger partial charge is 0.243 e. The lowest BCUT2D eigenvalue weighted by molar-refractivity contribution is 0.271. The van der Waals surface area contributed by atoms with Crippen LogP contribution in [-0.2, 0) is 0 Å². The fourth-order valence-electron chi connectivity index (χ4n) is 1.52. The van der Waals surface area contributed by atoms with E-state index in [4.69, 9.17) is 23.2 Å². The minimum absolute atomic E-state index is 0.106. The summed E-state index contributed by atoms with van der Waals surface area (Å²) in [5, 5.41) is 2.27. The van der Waals surface area contributed by atoms with Crippen molar-refractivity contribution >= 4 is 29.2 Å². The molecule has 5 nitrogen and oxygen atoms in total. The second-order valence-electron chi connectivity index (χ2n) is 3.36. The molecule has 0 aliphatic carbocycles. The van der Waals surface area contributed by atoms with Gasteiger partial charge in [-0.25, -0.2) is 5.01 Å². The van der Waals surface area contributed by atoms with Crippen LogP contribution in [0.15, 0.2) is 0 Å². The van der Waals surface area contributed by atoms with Gasteiger partial charge in [-0.1, -0.05) is 6.42 Å². The van der Waals surface area contributed by atoms with Crippen LogP contribution in [0.2, 0.25) is 10.6 Å². The number of hydrogen-bond acceptors (Lipinski definition) is 5. The fraction of sp³-hybridized carbons (Fsp3) is 0.625. The van der Waals surface area contributed by atoms with Gasteiger partial charge in [0.15, 0.2) is 0 Å². The number of aromatic nitrogens is 3. The Morgan fingerprint density at radius 2 is 1.53 bits per heavy atom. The van der Waals surface area contributed by atoms with E-state index in [2.05, 4.69) is 25.4 Å². The number of nitrogens with zero attached hydrogens (tertiary/aromatic N) is 4. The monoisotopic (exact) mass is 247 g/mol. The van der Waals surface area contributed by atoms with E-state index in [1.807, 2.05) is 0 Å². The summed E-state index contributed by atoms with van der Waals surface area (Å²) in [4.78, 5) is 11.5. The van der Waals surface area contributed by atoms with Gasteiger partial charge in [-0.2, -0.15) is 15.0 Å². The van der Waals surface area contributed by atoms with E-state index in [0.29, 0.717) is 5.95 Å². The molecule has 1 fully saturated rings. The highest BCUT2D eigenvalue weighted by Crippen LogP contribution is 2.13. The maximum atomic E-state index is 5.66. The van der Waals surface area contributed by atoms with Crippen molar-refractivity contribution < 1.29 is 0 Å². The van der Waals surface area contributed by atoms with E-state index in [-0.39, 0.29) is 10.6 Å². The maximum absolute atomic E-state index is 5.66. The zero-order chi connectivity index (χ0) is 10.7. The van der Waals surface area contributed by atoms with Crippen molar-refractivity contribution in [2.75, 3.05) is 18.5 Å². The van der Waals surface area contributed by atoms with Gasteiger partial charge in [0.2, 0.25) is 16.5 Å². The lowest BCUT2D eigenvalue weighted by atomic mass is 10.2. The summed E-state index contributed by atoms with van der Waals surface area (Å²) in [6.45, 7) is 1.97. The highest BCUT2D eigenvalue weighted by Gasteiger charge is 2.11. The molecule has 1 saturated heterocycles. The average molecular weight is 248 g/mol. The lowest BCUT2D eigenvalue weighted by Crippen LogP contribution is -2.35. The van der Waals surface area contributed by atoms with E-state index < -0.39 is 0 Å². The number of hydrazine groups is 1. The van der Waals surface area contributed by atoms with Gasteiger partial charge in [0, 0.05) is 13.1 Å². The van der Waals surface area contributed by atoms with Crippen molar-refractivity contribution in [3.8, 4) is 0 Å². The predicted octanol–water partition coefficient (Wildman–Crippen LogP) is 1.99. The number of nitrogens with one attached hydrogen (secondary N) is 1. The molecule has 1 aliphatic heterocycles. The summed E-state index contributed by atoms with van der Waals surface area (Å²) < 4.78 is 0. The molecule has 2 rings (SSSR count). The molecule has 0 saturated carbocycles. The van der Waals surface area contributed by atoms with Gasteiger partial charge in [0.1, 0.15) is 0 Å².